The zero-order valence-corrected chi connectivity index (χ0v) is 16.2. The maximum Gasteiger partial charge on any atom is 0.201 e. The van der Waals surface area contributed by atoms with Crippen molar-refractivity contribution in [3.05, 3.63) is 58.0 Å². The van der Waals surface area contributed by atoms with Crippen molar-refractivity contribution in [2.24, 2.45) is 0 Å². The Morgan fingerprint density at radius 3 is 2.35 bits per heavy atom. The highest BCUT2D eigenvalue weighted by Gasteiger charge is 2.21. The van der Waals surface area contributed by atoms with Crippen LogP contribution in [-0.4, -0.2) is 29.2 Å². The Balaban J connectivity index is 2.09. The minimum absolute atomic E-state index is 0.294. The quantitative estimate of drug-likeness (QED) is 0.891. The third-order valence-corrected chi connectivity index (χ3v) is 6.15. The molecule has 138 valence electrons. The van der Waals surface area contributed by atoms with E-state index in [0.29, 0.717) is 28.6 Å². The number of fused-ring (bicyclic) bond motifs is 1. The average molecular weight is 373 g/mol. The molecule has 1 aliphatic rings. The number of benzene rings is 2. The van der Waals surface area contributed by atoms with Gasteiger partial charge in [0.2, 0.25) is 9.84 Å². The summed E-state index contributed by atoms with van der Waals surface area (Å²) in [5.74, 6) is 1.22. The van der Waals surface area contributed by atoms with E-state index in [9.17, 15) is 8.42 Å². The van der Waals surface area contributed by atoms with Gasteiger partial charge >= 0.3 is 0 Å². The van der Waals surface area contributed by atoms with Gasteiger partial charge in [0.25, 0.3) is 0 Å². The Morgan fingerprint density at radius 1 is 1.00 bits per heavy atom. The maximum absolute atomic E-state index is 12.9. The van der Waals surface area contributed by atoms with Gasteiger partial charge in [-0.15, -0.1) is 0 Å². The van der Waals surface area contributed by atoms with Crippen LogP contribution in [0.25, 0.3) is 5.70 Å². The molecule has 0 unspecified atom stereocenters. The van der Waals surface area contributed by atoms with Gasteiger partial charge in [0.05, 0.1) is 30.2 Å². The molecular weight excluding hydrogens is 350 g/mol. The van der Waals surface area contributed by atoms with Crippen LogP contribution in [-0.2, 0) is 16.3 Å². The first-order valence-electron chi connectivity index (χ1n) is 8.39. The fourth-order valence-corrected chi connectivity index (χ4v) is 4.28. The third-order valence-electron chi connectivity index (χ3n) is 4.69. The second kappa shape index (κ2) is 7.03. The van der Waals surface area contributed by atoms with Crippen LogP contribution in [0.1, 0.15) is 22.3 Å². The number of hydrogen-bond donors (Lipinski definition) is 1. The molecule has 0 amide bonds. The van der Waals surface area contributed by atoms with Crippen molar-refractivity contribution in [2.75, 3.05) is 20.8 Å². The monoisotopic (exact) mass is 373 g/mol. The van der Waals surface area contributed by atoms with Crippen LogP contribution in [0, 0.1) is 13.8 Å². The normalized spacial score (nSPS) is 15.3. The van der Waals surface area contributed by atoms with Gasteiger partial charge in [-0.2, -0.15) is 0 Å². The highest BCUT2D eigenvalue weighted by Crippen LogP contribution is 2.35. The lowest BCUT2D eigenvalue weighted by Crippen LogP contribution is -2.23. The summed E-state index contributed by atoms with van der Waals surface area (Å²) < 4.78 is 36.5. The van der Waals surface area contributed by atoms with Crippen LogP contribution in [0.5, 0.6) is 11.5 Å². The van der Waals surface area contributed by atoms with Crippen LogP contribution in [0.15, 0.2) is 40.6 Å². The Morgan fingerprint density at radius 2 is 1.69 bits per heavy atom. The lowest BCUT2D eigenvalue weighted by atomic mass is 9.98. The van der Waals surface area contributed by atoms with Gasteiger partial charge in [-0.3, -0.25) is 0 Å². The first-order valence-corrected chi connectivity index (χ1v) is 9.93. The highest BCUT2D eigenvalue weighted by molar-refractivity contribution is 7.94. The van der Waals surface area contributed by atoms with E-state index in [0.717, 1.165) is 28.7 Å². The molecule has 0 bridgehead atoms. The van der Waals surface area contributed by atoms with Gasteiger partial charge in [0, 0.05) is 12.1 Å². The minimum Gasteiger partial charge on any atom is -0.493 e. The van der Waals surface area contributed by atoms with Gasteiger partial charge in [-0.05, 0) is 61.2 Å². The van der Waals surface area contributed by atoms with Crippen molar-refractivity contribution in [1.29, 1.82) is 0 Å². The predicted molar refractivity (Wildman–Crippen MR) is 102 cm³/mol. The van der Waals surface area contributed by atoms with Crippen molar-refractivity contribution in [2.45, 2.75) is 25.2 Å². The van der Waals surface area contributed by atoms with Crippen molar-refractivity contribution < 1.29 is 17.9 Å². The number of nitrogens with one attached hydrogen (secondary N) is 1. The SMILES string of the molecule is COc1cc2c(cc1OC)C(=CS(=O)(=O)c1ccc(C)c(C)c1)NCC2. The molecule has 0 saturated heterocycles. The predicted octanol–water partition coefficient (Wildman–Crippen LogP) is 3.24. The fourth-order valence-electron chi connectivity index (χ4n) is 3.02. The number of rotatable bonds is 4. The van der Waals surface area contributed by atoms with E-state index >= 15 is 0 Å². The zero-order valence-electron chi connectivity index (χ0n) is 15.4. The molecule has 0 radical (unpaired) electrons. The molecule has 1 heterocycles. The topological polar surface area (TPSA) is 64.6 Å². The Bertz CT molecular complexity index is 978. The zero-order chi connectivity index (χ0) is 18.9. The lowest BCUT2D eigenvalue weighted by molar-refractivity contribution is 0.354. The smallest absolute Gasteiger partial charge is 0.201 e. The second-order valence-corrected chi connectivity index (χ2v) is 8.16. The molecule has 6 heteroatoms. The molecule has 2 aromatic rings. The van der Waals surface area contributed by atoms with E-state index in [1.54, 1.807) is 26.4 Å². The number of methoxy groups -OCH3 is 2. The van der Waals surface area contributed by atoms with E-state index in [2.05, 4.69) is 5.32 Å². The van der Waals surface area contributed by atoms with Gasteiger partial charge in [-0.25, -0.2) is 8.42 Å². The highest BCUT2D eigenvalue weighted by atomic mass is 32.2. The molecule has 5 nitrogen and oxygen atoms in total. The largest absolute Gasteiger partial charge is 0.493 e. The first kappa shape index (κ1) is 18.3. The van der Waals surface area contributed by atoms with E-state index < -0.39 is 9.84 Å². The lowest BCUT2D eigenvalue weighted by Gasteiger charge is -2.23. The van der Waals surface area contributed by atoms with Gasteiger partial charge in [0.1, 0.15) is 0 Å². The van der Waals surface area contributed by atoms with Gasteiger partial charge in [-0.1, -0.05) is 6.07 Å². The van der Waals surface area contributed by atoms with Crippen molar-refractivity contribution >= 4 is 15.5 Å². The van der Waals surface area contributed by atoms with Crippen LogP contribution < -0.4 is 14.8 Å². The summed E-state index contributed by atoms with van der Waals surface area (Å²) in [7, 11) is -0.419. The van der Waals surface area contributed by atoms with Crippen molar-refractivity contribution in [3.63, 3.8) is 0 Å². The minimum atomic E-state index is -3.57. The van der Waals surface area contributed by atoms with Crippen LogP contribution in [0.4, 0.5) is 0 Å². The molecule has 0 aromatic heterocycles. The Hall–Kier alpha value is -2.47. The molecule has 0 saturated carbocycles. The summed E-state index contributed by atoms with van der Waals surface area (Å²) in [6.07, 6.45) is 0.788. The summed E-state index contributed by atoms with van der Waals surface area (Å²) in [6.45, 7) is 4.53. The summed E-state index contributed by atoms with van der Waals surface area (Å²) in [5, 5.41) is 4.51. The number of aryl methyl sites for hydroxylation is 2. The molecule has 26 heavy (non-hydrogen) atoms. The summed E-state index contributed by atoms with van der Waals surface area (Å²) in [4.78, 5) is 0.294. The van der Waals surface area contributed by atoms with Crippen LogP contribution >= 0.6 is 0 Å². The first-order chi connectivity index (χ1) is 12.4. The average Bonchev–Trinajstić information content (AvgIpc) is 2.62. The summed E-state index contributed by atoms with van der Waals surface area (Å²) >= 11 is 0. The van der Waals surface area contributed by atoms with Crippen molar-refractivity contribution in [3.8, 4) is 11.5 Å². The Kier molecular flexibility index (Phi) is 4.96. The fraction of sp³-hybridized carbons (Fsp3) is 0.300. The van der Waals surface area contributed by atoms with Crippen LogP contribution in [0.2, 0.25) is 0 Å². The number of hydrogen-bond acceptors (Lipinski definition) is 5. The maximum atomic E-state index is 12.9. The third kappa shape index (κ3) is 3.42. The number of ether oxygens (including phenoxy) is 2. The molecule has 1 N–H and O–H groups in total. The molecule has 0 aliphatic carbocycles. The van der Waals surface area contributed by atoms with E-state index in [1.165, 1.54) is 5.41 Å². The Labute approximate surface area is 154 Å². The molecule has 3 rings (SSSR count). The molecule has 0 fully saturated rings. The summed E-state index contributed by atoms with van der Waals surface area (Å²) in [6, 6.07) is 8.91. The van der Waals surface area contributed by atoms with E-state index in [1.807, 2.05) is 32.0 Å². The van der Waals surface area contributed by atoms with Crippen LogP contribution in [0.3, 0.4) is 0 Å². The molecular formula is C20H23NO4S. The standard InChI is InChI=1S/C20H23NO4S/c1-13-5-6-16(9-14(13)2)26(22,23)12-18-17-11-20(25-4)19(24-3)10-15(17)7-8-21-18/h5-6,9-12,21H,7-8H2,1-4H3. The number of sulfone groups is 1. The van der Waals surface area contributed by atoms with Gasteiger partial charge < -0.3 is 14.8 Å². The molecule has 1 aliphatic heterocycles. The van der Waals surface area contributed by atoms with E-state index in [-0.39, 0.29) is 0 Å². The van der Waals surface area contributed by atoms with Gasteiger partial charge in [0.15, 0.2) is 11.5 Å². The van der Waals surface area contributed by atoms with E-state index in [4.69, 9.17) is 9.47 Å². The molecule has 0 atom stereocenters. The second-order valence-electron chi connectivity index (χ2n) is 6.36. The molecule has 2 aromatic carbocycles. The van der Waals surface area contributed by atoms with Crippen molar-refractivity contribution in [1.82, 2.24) is 5.32 Å². The summed E-state index contributed by atoms with van der Waals surface area (Å²) in [5.41, 5.74) is 4.44. The molecule has 0 spiro atoms.